The van der Waals surface area contributed by atoms with Gasteiger partial charge in [-0.1, -0.05) is 41.6 Å². The van der Waals surface area contributed by atoms with Crippen LogP contribution in [0.5, 0.6) is 11.5 Å². The number of nitrogens with one attached hydrogen (secondary N) is 1. The lowest BCUT2D eigenvalue weighted by Crippen LogP contribution is -2.41. The van der Waals surface area contributed by atoms with E-state index in [0.29, 0.717) is 29.1 Å². The molecule has 29 heavy (non-hydrogen) atoms. The van der Waals surface area contributed by atoms with E-state index in [-0.39, 0.29) is 17.8 Å². The van der Waals surface area contributed by atoms with Crippen molar-refractivity contribution >= 4 is 29.3 Å². The number of aromatic nitrogens is 3. The number of amides is 1. The van der Waals surface area contributed by atoms with Gasteiger partial charge in [-0.2, -0.15) is 0 Å². The van der Waals surface area contributed by atoms with Crippen molar-refractivity contribution in [1.82, 2.24) is 20.1 Å². The van der Waals surface area contributed by atoms with Crippen LogP contribution in [0.15, 0.2) is 53.9 Å². The summed E-state index contributed by atoms with van der Waals surface area (Å²) in [5.41, 5.74) is 1.84. The molecule has 0 aliphatic carbocycles. The van der Waals surface area contributed by atoms with E-state index in [1.54, 1.807) is 10.9 Å². The van der Waals surface area contributed by atoms with Crippen LogP contribution in [-0.2, 0) is 4.79 Å². The van der Waals surface area contributed by atoms with Gasteiger partial charge in [-0.25, -0.2) is 0 Å². The molecule has 150 valence electrons. The van der Waals surface area contributed by atoms with Crippen LogP contribution in [0.3, 0.4) is 0 Å². The van der Waals surface area contributed by atoms with Gasteiger partial charge in [0.2, 0.25) is 5.91 Å². The van der Waals surface area contributed by atoms with Gasteiger partial charge in [-0.3, -0.25) is 9.36 Å². The van der Waals surface area contributed by atoms with Crippen molar-refractivity contribution in [2.45, 2.75) is 18.2 Å². The molecule has 9 heteroatoms. The molecule has 0 saturated carbocycles. The number of hydrogen-bond donors (Lipinski definition) is 1. The van der Waals surface area contributed by atoms with E-state index >= 15 is 0 Å². The molecule has 2 aromatic carbocycles. The van der Waals surface area contributed by atoms with Crippen LogP contribution in [0.2, 0.25) is 5.02 Å². The standard InChI is InChI=1S/C20H19ClN4O3S/c1-13-6-7-14(8-16(13)21)25-12-23-24-20(25)29-11-19(26)22-9-15-10-27-17-4-2-3-5-18(17)28-15/h2-8,12,15H,9-11H2,1H3,(H,22,26). The summed E-state index contributed by atoms with van der Waals surface area (Å²) in [6.45, 7) is 2.71. The fourth-order valence-electron chi connectivity index (χ4n) is 2.80. The van der Waals surface area contributed by atoms with Crippen LogP contribution in [0.25, 0.3) is 5.69 Å². The number of rotatable bonds is 6. The molecule has 1 atom stereocenters. The third kappa shape index (κ3) is 4.65. The van der Waals surface area contributed by atoms with Crippen molar-refractivity contribution < 1.29 is 14.3 Å². The predicted octanol–water partition coefficient (Wildman–Crippen LogP) is 3.28. The maximum atomic E-state index is 12.3. The summed E-state index contributed by atoms with van der Waals surface area (Å²) in [5, 5.41) is 12.2. The molecule has 0 spiro atoms. The number of fused-ring (bicyclic) bond motifs is 1. The van der Waals surface area contributed by atoms with Crippen LogP contribution >= 0.6 is 23.4 Å². The van der Waals surface area contributed by atoms with Gasteiger partial charge in [0.25, 0.3) is 0 Å². The first-order valence-electron chi connectivity index (χ1n) is 9.04. The second-order valence-electron chi connectivity index (χ2n) is 6.51. The smallest absolute Gasteiger partial charge is 0.230 e. The number of halogens is 1. The minimum Gasteiger partial charge on any atom is -0.486 e. The third-order valence-corrected chi connectivity index (χ3v) is 5.73. The van der Waals surface area contributed by atoms with Crippen LogP contribution in [0.1, 0.15) is 5.56 Å². The lowest BCUT2D eigenvalue weighted by molar-refractivity contribution is -0.119. The Labute approximate surface area is 177 Å². The average molecular weight is 431 g/mol. The molecule has 0 fully saturated rings. The number of carbonyl (C=O) groups is 1. The predicted molar refractivity (Wildman–Crippen MR) is 111 cm³/mol. The zero-order valence-electron chi connectivity index (χ0n) is 15.7. The maximum absolute atomic E-state index is 12.3. The van der Waals surface area contributed by atoms with Gasteiger partial charge in [0, 0.05) is 5.02 Å². The summed E-state index contributed by atoms with van der Waals surface area (Å²) in [6.07, 6.45) is 1.38. The topological polar surface area (TPSA) is 78.3 Å². The summed E-state index contributed by atoms with van der Waals surface area (Å²) in [6, 6.07) is 13.2. The van der Waals surface area contributed by atoms with Gasteiger partial charge >= 0.3 is 0 Å². The van der Waals surface area contributed by atoms with Gasteiger partial charge in [0.1, 0.15) is 19.0 Å². The SMILES string of the molecule is Cc1ccc(-n2cnnc2SCC(=O)NCC2COc3ccccc3O2)cc1Cl. The van der Waals surface area contributed by atoms with Crippen molar-refractivity contribution in [2.24, 2.45) is 0 Å². The van der Waals surface area contributed by atoms with Gasteiger partial charge in [-0.15, -0.1) is 10.2 Å². The number of hydrogen-bond acceptors (Lipinski definition) is 6. The highest BCUT2D eigenvalue weighted by molar-refractivity contribution is 7.99. The van der Waals surface area contributed by atoms with Crippen molar-refractivity contribution in [3.05, 3.63) is 59.4 Å². The Kier molecular flexibility index (Phi) is 5.92. The zero-order valence-corrected chi connectivity index (χ0v) is 17.2. The highest BCUT2D eigenvalue weighted by Gasteiger charge is 2.21. The molecule has 1 unspecified atom stereocenters. The molecular weight excluding hydrogens is 412 g/mol. The van der Waals surface area contributed by atoms with Crippen molar-refractivity contribution in [3.8, 4) is 17.2 Å². The normalized spacial score (nSPS) is 15.2. The van der Waals surface area contributed by atoms with Crippen molar-refractivity contribution in [2.75, 3.05) is 18.9 Å². The second-order valence-corrected chi connectivity index (χ2v) is 7.86. The van der Waals surface area contributed by atoms with Crippen LogP contribution in [-0.4, -0.2) is 45.7 Å². The van der Waals surface area contributed by atoms with Crippen LogP contribution in [0, 0.1) is 6.92 Å². The van der Waals surface area contributed by atoms with E-state index < -0.39 is 0 Å². The van der Waals surface area contributed by atoms with Crippen LogP contribution < -0.4 is 14.8 Å². The Morgan fingerprint density at radius 3 is 2.97 bits per heavy atom. The largest absolute Gasteiger partial charge is 0.486 e. The number of benzene rings is 2. The second kappa shape index (κ2) is 8.75. The third-order valence-electron chi connectivity index (χ3n) is 4.38. The summed E-state index contributed by atoms with van der Waals surface area (Å²) in [4.78, 5) is 12.3. The number of thioether (sulfide) groups is 1. The Morgan fingerprint density at radius 1 is 1.31 bits per heavy atom. The lowest BCUT2D eigenvalue weighted by atomic mass is 10.2. The molecule has 7 nitrogen and oxygen atoms in total. The van der Waals surface area contributed by atoms with Gasteiger partial charge < -0.3 is 14.8 Å². The van der Waals surface area contributed by atoms with Gasteiger partial charge in [-0.05, 0) is 36.8 Å². The highest BCUT2D eigenvalue weighted by atomic mass is 35.5. The Hall–Kier alpha value is -2.71. The molecule has 0 saturated heterocycles. The number of nitrogens with zero attached hydrogens (tertiary/aromatic N) is 3. The fourth-order valence-corrected chi connectivity index (χ4v) is 3.74. The van der Waals surface area contributed by atoms with E-state index in [2.05, 4.69) is 15.5 Å². The van der Waals surface area contributed by atoms with Gasteiger partial charge in [0.15, 0.2) is 16.7 Å². The Bertz CT molecular complexity index is 1030. The molecule has 1 N–H and O–H groups in total. The summed E-state index contributed by atoms with van der Waals surface area (Å²) in [7, 11) is 0. The van der Waals surface area contributed by atoms with E-state index in [0.717, 1.165) is 17.0 Å². The molecule has 4 rings (SSSR count). The molecule has 2 heterocycles. The lowest BCUT2D eigenvalue weighted by Gasteiger charge is -2.26. The summed E-state index contributed by atoms with van der Waals surface area (Å²) < 4.78 is 13.3. The first kappa shape index (κ1) is 19.6. The zero-order chi connectivity index (χ0) is 20.2. The molecule has 0 bridgehead atoms. The Balaban J connectivity index is 1.30. The number of para-hydroxylation sites is 2. The van der Waals surface area contributed by atoms with Crippen molar-refractivity contribution in [1.29, 1.82) is 0 Å². The minimum atomic E-state index is -0.225. The fraction of sp³-hybridized carbons (Fsp3) is 0.250. The molecule has 0 radical (unpaired) electrons. The van der Waals surface area contributed by atoms with Crippen molar-refractivity contribution in [3.63, 3.8) is 0 Å². The number of aryl methyl sites for hydroxylation is 1. The minimum absolute atomic E-state index is 0.117. The maximum Gasteiger partial charge on any atom is 0.230 e. The molecular formula is C20H19ClN4O3S. The number of ether oxygens (including phenoxy) is 2. The summed E-state index contributed by atoms with van der Waals surface area (Å²) >= 11 is 7.51. The summed E-state index contributed by atoms with van der Waals surface area (Å²) in [5.74, 6) is 1.51. The van der Waals surface area contributed by atoms with E-state index in [1.165, 1.54) is 11.8 Å². The molecule has 3 aromatic rings. The molecule has 1 aliphatic heterocycles. The highest BCUT2D eigenvalue weighted by Crippen LogP contribution is 2.30. The average Bonchev–Trinajstić information content (AvgIpc) is 3.21. The molecule has 1 aromatic heterocycles. The first-order valence-corrected chi connectivity index (χ1v) is 10.4. The monoisotopic (exact) mass is 430 g/mol. The van der Waals surface area contributed by atoms with Crippen LogP contribution in [0.4, 0.5) is 0 Å². The Morgan fingerprint density at radius 2 is 2.14 bits per heavy atom. The van der Waals surface area contributed by atoms with E-state index in [1.807, 2.05) is 49.4 Å². The number of carbonyl (C=O) groups excluding carboxylic acids is 1. The quantitative estimate of drug-likeness (QED) is 0.605. The first-order chi connectivity index (χ1) is 14.1. The molecule has 1 amide bonds. The van der Waals surface area contributed by atoms with E-state index in [4.69, 9.17) is 21.1 Å². The van der Waals surface area contributed by atoms with Gasteiger partial charge in [0.05, 0.1) is 18.0 Å². The molecule has 1 aliphatic rings. The van der Waals surface area contributed by atoms with E-state index in [9.17, 15) is 4.79 Å².